The number of esters is 1. The maximum Gasteiger partial charge on any atom is 0.330 e. The van der Waals surface area contributed by atoms with E-state index in [-0.39, 0.29) is 12.1 Å². The second-order valence-corrected chi connectivity index (χ2v) is 4.98. The molecule has 3 aliphatic rings. The predicted octanol–water partition coefficient (Wildman–Crippen LogP) is 2.32. The van der Waals surface area contributed by atoms with E-state index >= 15 is 0 Å². The maximum absolute atomic E-state index is 11.2. The van der Waals surface area contributed by atoms with Gasteiger partial charge >= 0.3 is 5.97 Å². The van der Waals surface area contributed by atoms with Crippen LogP contribution in [0.3, 0.4) is 0 Å². The van der Waals surface area contributed by atoms with E-state index in [1.165, 1.54) is 25.3 Å². The lowest BCUT2D eigenvalue weighted by Gasteiger charge is -2.28. The molecular weight excluding hydrogens is 188 g/mol. The zero-order chi connectivity index (χ0) is 10.4. The van der Waals surface area contributed by atoms with Crippen molar-refractivity contribution < 1.29 is 9.53 Å². The first-order valence-electron chi connectivity index (χ1n) is 5.81. The Morgan fingerprint density at radius 1 is 1.33 bits per heavy atom. The fourth-order valence-electron chi connectivity index (χ4n) is 3.82. The van der Waals surface area contributed by atoms with Gasteiger partial charge in [0.1, 0.15) is 6.10 Å². The standard InChI is InChI=1S/C13H16O2/c1-2-12(14)15-11-6-5-10-8-3-4-9(7-8)13(10)11/h2,5-6,8-11,13H,1,3-4,7H2/t8-,9-,10+,11+,13-/m0/s1. The Hall–Kier alpha value is -1.05. The third kappa shape index (κ3) is 1.27. The molecule has 2 heteroatoms. The Labute approximate surface area is 90.0 Å². The van der Waals surface area contributed by atoms with E-state index in [2.05, 4.69) is 18.7 Å². The van der Waals surface area contributed by atoms with Gasteiger partial charge in [-0.1, -0.05) is 12.7 Å². The van der Waals surface area contributed by atoms with E-state index in [9.17, 15) is 4.79 Å². The number of ether oxygens (including phenoxy) is 1. The van der Waals surface area contributed by atoms with Crippen LogP contribution in [-0.2, 0) is 9.53 Å². The Kier molecular flexibility index (Phi) is 1.98. The van der Waals surface area contributed by atoms with Gasteiger partial charge in [-0.3, -0.25) is 0 Å². The van der Waals surface area contributed by atoms with Crippen molar-refractivity contribution in [2.75, 3.05) is 0 Å². The molecule has 2 nitrogen and oxygen atoms in total. The molecule has 0 spiro atoms. The van der Waals surface area contributed by atoms with Gasteiger partial charge in [-0.2, -0.15) is 0 Å². The molecule has 80 valence electrons. The molecule has 0 aromatic carbocycles. The molecule has 0 saturated heterocycles. The number of hydrogen-bond acceptors (Lipinski definition) is 2. The Balaban J connectivity index is 1.75. The lowest BCUT2D eigenvalue weighted by Crippen LogP contribution is -2.29. The third-order valence-electron chi connectivity index (χ3n) is 4.37. The zero-order valence-electron chi connectivity index (χ0n) is 8.76. The van der Waals surface area contributed by atoms with Crippen LogP contribution < -0.4 is 0 Å². The summed E-state index contributed by atoms with van der Waals surface area (Å²) in [5, 5.41) is 0. The van der Waals surface area contributed by atoms with Gasteiger partial charge in [-0.25, -0.2) is 4.79 Å². The van der Waals surface area contributed by atoms with Gasteiger partial charge in [0.15, 0.2) is 0 Å². The molecule has 3 rings (SSSR count). The second-order valence-electron chi connectivity index (χ2n) is 4.98. The van der Waals surface area contributed by atoms with Crippen LogP contribution in [0.2, 0.25) is 0 Å². The van der Waals surface area contributed by atoms with Crippen molar-refractivity contribution in [3.05, 3.63) is 24.8 Å². The summed E-state index contributed by atoms with van der Waals surface area (Å²) in [5.74, 6) is 2.63. The number of carbonyl (C=O) groups is 1. The molecule has 0 heterocycles. The van der Waals surface area contributed by atoms with Crippen molar-refractivity contribution in [3.63, 3.8) is 0 Å². The van der Waals surface area contributed by atoms with Gasteiger partial charge in [-0.15, -0.1) is 0 Å². The van der Waals surface area contributed by atoms with Crippen molar-refractivity contribution in [3.8, 4) is 0 Å². The quantitative estimate of drug-likeness (QED) is 0.392. The lowest BCUT2D eigenvalue weighted by atomic mass is 9.80. The molecule has 0 aromatic heterocycles. The van der Waals surface area contributed by atoms with Crippen LogP contribution in [0.4, 0.5) is 0 Å². The van der Waals surface area contributed by atoms with Gasteiger partial charge in [0, 0.05) is 12.0 Å². The Morgan fingerprint density at radius 3 is 2.93 bits per heavy atom. The SMILES string of the molecule is C=CC(=O)O[C@@H]1C=C[C@@H]2[C@H]3CC[C@@H](C3)[C@@H]21. The van der Waals surface area contributed by atoms with Gasteiger partial charge in [0.25, 0.3) is 0 Å². The van der Waals surface area contributed by atoms with Crippen LogP contribution in [0.25, 0.3) is 0 Å². The summed E-state index contributed by atoms with van der Waals surface area (Å²) in [4.78, 5) is 11.2. The molecular formula is C13H16O2. The van der Waals surface area contributed by atoms with Crippen LogP contribution in [-0.4, -0.2) is 12.1 Å². The van der Waals surface area contributed by atoms with Crippen LogP contribution in [0.15, 0.2) is 24.8 Å². The minimum absolute atomic E-state index is 0.0239. The lowest BCUT2D eigenvalue weighted by molar-refractivity contribution is -0.143. The van der Waals surface area contributed by atoms with Gasteiger partial charge in [0.05, 0.1) is 0 Å². The van der Waals surface area contributed by atoms with Gasteiger partial charge < -0.3 is 4.74 Å². The number of hydrogen-bond donors (Lipinski definition) is 0. The minimum Gasteiger partial charge on any atom is -0.455 e. The van der Waals surface area contributed by atoms with Crippen LogP contribution >= 0.6 is 0 Å². The molecule has 0 radical (unpaired) electrons. The molecule has 0 aromatic rings. The average Bonchev–Trinajstić information content (AvgIpc) is 2.89. The summed E-state index contributed by atoms with van der Waals surface area (Å²) in [6.45, 7) is 3.44. The van der Waals surface area contributed by atoms with Crippen molar-refractivity contribution in [1.82, 2.24) is 0 Å². The molecule has 3 aliphatic carbocycles. The van der Waals surface area contributed by atoms with E-state index < -0.39 is 0 Å². The van der Waals surface area contributed by atoms with E-state index in [1.807, 2.05) is 0 Å². The molecule has 0 unspecified atom stereocenters. The highest BCUT2D eigenvalue weighted by molar-refractivity contribution is 5.81. The molecule has 15 heavy (non-hydrogen) atoms. The molecule has 0 amide bonds. The first-order valence-corrected chi connectivity index (χ1v) is 5.81. The largest absolute Gasteiger partial charge is 0.455 e. The summed E-state index contributed by atoms with van der Waals surface area (Å²) < 4.78 is 5.38. The fourth-order valence-corrected chi connectivity index (χ4v) is 3.82. The first-order chi connectivity index (χ1) is 7.29. The maximum atomic E-state index is 11.2. The minimum atomic E-state index is -0.284. The third-order valence-corrected chi connectivity index (χ3v) is 4.37. The van der Waals surface area contributed by atoms with Gasteiger partial charge in [0.2, 0.25) is 0 Å². The predicted molar refractivity (Wildman–Crippen MR) is 57.0 cm³/mol. The summed E-state index contributed by atoms with van der Waals surface area (Å²) in [7, 11) is 0. The monoisotopic (exact) mass is 204 g/mol. The normalized spacial score (nSPS) is 45.5. The first kappa shape index (κ1) is 9.20. The summed E-state index contributed by atoms with van der Waals surface area (Å²) in [5.41, 5.74) is 0. The number of allylic oxidation sites excluding steroid dienone is 1. The zero-order valence-corrected chi connectivity index (χ0v) is 8.76. The average molecular weight is 204 g/mol. The summed E-state index contributed by atoms with van der Waals surface area (Å²) in [6.07, 6.45) is 9.69. The van der Waals surface area contributed by atoms with Crippen LogP contribution in [0, 0.1) is 23.7 Å². The Bertz CT molecular complexity index is 331. The highest BCUT2D eigenvalue weighted by Crippen LogP contribution is 2.56. The Morgan fingerprint density at radius 2 is 2.13 bits per heavy atom. The number of carbonyl (C=O) groups excluding carboxylic acids is 1. The second kappa shape index (κ2) is 3.22. The van der Waals surface area contributed by atoms with Crippen LogP contribution in [0.5, 0.6) is 0 Å². The molecule has 2 fully saturated rings. The number of rotatable bonds is 2. The smallest absolute Gasteiger partial charge is 0.330 e. The molecule has 2 bridgehead atoms. The van der Waals surface area contributed by atoms with E-state index in [1.54, 1.807) is 0 Å². The topological polar surface area (TPSA) is 26.3 Å². The van der Waals surface area contributed by atoms with Crippen LogP contribution in [0.1, 0.15) is 19.3 Å². The molecule has 0 aliphatic heterocycles. The fraction of sp³-hybridized carbons (Fsp3) is 0.615. The molecule has 2 saturated carbocycles. The van der Waals surface area contributed by atoms with Gasteiger partial charge in [-0.05, 0) is 43.1 Å². The highest BCUT2D eigenvalue weighted by atomic mass is 16.5. The molecule has 5 atom stereocenters. The van der Waals surface area contributed by atoms with Crippen molar-refractivity contribution in [2.45, 2.75) is 25.4 Å². The van der Waals surface area contributed by atoms with E-state index in [0.29, 0.717) is 11.8 Å². The number of fused-ring (bicyclic) bond motifs is 5. The molecule has 0 N–H and O–H groups in total. The van der Waals surface area contributed by atoms with E-state index in [4.69, 9.17) is 4.74 Å². The van der Waals surface area contributed by atoms with Crippen molar-refractivity contribution in [2.24, 2.45) is 23.7 Å². The van der Waals surface area contributed by atoms with Crippen molar-refractivity contribution in [1.29, 1.82) is 0 Å². The van der Waals surface area contributed by atoms with E-state index in [0.717, 1.165) is 11.8 Å². The highest BCUT2D eigenvalue weighted by Gasteiger charge is 2.52. The van der Waals surface area contributed by atoms with Crippen molar-refractivity contribution >= 4 is 5.97 Å². The summed E-state index contributed by atoms with van der Waals surface area (Å²) >= 11 is 0. The summed E-state index contributed by atoms with van der Waals surface area (Å²) in [6, 6.07) is 0.